The Hall–Kier alpha value is -2.15. The Labute approximate surface area is 110 Å². The van der Waals surface area contributed by atoms with Gasteiger partial charge < -0.3 is 20.1 Å². The zero-order valence-electron chi connectivity index (χ0n) is 10.3. The summed E-state index contributed by atoms with van der Waals surface area (Å²) in [7, 11) is 0. The molecule has 0 bridgehead atoms. The van der Waals surface area contributed by atoms with E-state index >= 15 is 0 Å². The number of aromatic nitrogens is 1. The van der Waals surface area contributed by atoms with Crippen LogP contribution >= 0.6 is 0 Å². The van der Waals surface area contributed by atoms with E-state index in [-0.39, 0.29) is 18.1 Å². The van der Waals surface area contributed by atoms with Gasteiger partial charge in [-0.2, -0.15) is 0 Å². The van der Waals surface area contributed by atoms with Crippen LogP contribution in [0.4, 0.5) is 4.79 Å². The number of hydrogen-bond donors (Lipinski definition) is 2. The van der Waals surface area contributed by atoms with Gasteiger partial charge in [0.15, 0.2) is 0 Å². The lowest BCUT2D eigenvalue weighted by molar-refractivity contribution is 0.0531. The Kier molecular flexibility index (Phi) is 4.30. The highest BCUT2D eigenvalue weighted by Gasteiger charge is 2.16. The van der Waals surface area contributed by atoms with Gasteiger partial charge in [0.2, 0.25) is 0 Å². The summed E-state index contributed by atoms with van der Waals surface area (Å²) >= 11 is 0. The Morgan fingerprint density at radius 1 is 1.42 bits per heavy atom. The third-order valence-corrected chi connectivity index (χ3v) is 2.78. The first-order valence-corrected chi connectivity index (χ1v) is 5.95. The van der Waals surface area contributed by atoms with Crippen molar-refractivity contribution < 1.29 is 19.4 Å². The van der Waals surface area contributed by atoms with Gasteiger partial charge in [-0.25, -0.2) is 9.59 Å². The quantitative estimate of drug-likeness (QED) is 0.821. The highest BCUT2D eigenvalue weighted by molar-refractivity contribution is 5.87. The third-order valence-electron chi connectivity index (χ3n) is 2.78. The van der Waals surface area contributed by atoms with E-state index in [4.69, 9.17) is 9.84 Å². The number of carbonyl (C=O) groups is 2. The molecule has 2 N–H and O–H groups in total. The van der Waals surface area contributed by atoms with Gasteiger partial charge >= 0.3 is 12.0 Å². The largest absolute Gasteiger partial charge is 0.478 e. The molecule has 0 aliphatic carbocycles. The number of rotatable bonds is 3. The van der Waals surface area contributed by atoms with Crippen LogP contribution in [0.25, 0.3) is 0 Å². The molecule has 1 aromatic rings. The number of aromatic carboxylic acids is 1. The van der Waals surface area contributed by atoms with Gasteiger partial charge in [0.05, 0.1) is 31.0 Å². The molecule has 0 unspecified atom stereocenters. The zero-order chi connectivity index (χ0) is 13.7. The average Bonchev–Trinajstić information content (AvgIpc) is 2.46. The van der Waals surface area contributed by atoms with Crippen molar-refractivity contribution in [3.63, 3.8) is 0 Å². The summed E-state index contributed by atoms with van der Waals surface area (Å²) in [5, 5.41) is 11.6. The molecule has 1 aromatic heterocycles. The Bertz CT molecular complexity index is 472. The molecule has 1 fully saturated rings. The number of morpholine rings is 1. The van der Waals surface area contributed by atoms with Crippen molar-refractivity contribution >= 4 is 12.0 Å². The predicted molar refractivity (Wildman–Crippen MR) is 65.8 cm³/mol. The lowest BCUT2D eigenvalue weighted by atomic mass is 10.2. The van der Waals surface area contributed by atoms with E-state index in [1.807, 2.05) is 0 Å². The molecule has 2 heterocycles. The van der Waals surface area contributed by atoms with Crippen LogP contribution in [0.3, 0.4) is 0 Å². The van der Waals surface area contributed by atoms with Crippen LogP contribution in [-0.4, -0.2) is 53.3 Å². The first-order chi connectivity index (χ1) is 9.16. The molecule has 1 aliphatic heterocycles. The predicted octanol–water partition coefficient (Wildman–Crippen LogP) is 0.322. The van der Waals surface area contributed by atoms with Crippen molar-refractivity contribution in [1.82, 2.24) is 15.2 Å². The number of carbonyl (C=O) groups excluding carboxylic acids is 1. The van der Waals surface area contributed by atoms with E-state index in [9.17, 15) is 9.59 Å². The number of carboxylic acid groups (broad SMARTS) is 1. The summed E-state index contributed by atoms with van der Waals surface area (Å²) in [6.07, 6.45) is 1.42. The Morgan fingerprint density at radius 2 is 2.16 bits per heavy atom. The van der Waals surface area contributed by atoms with Crippen LogP contribution in [0.15, 0.2) is 18.3 Å². The van der Waals surface area contributed by atoms with Crippen LogP contribution < -0.4 is 5.32 Å². The normalized spacial score (nSPS) is 15.1. The molecular formula is C12H15N3O4. The van der Waals surface area contributed by atoms with Crippen LogP contribution in [0, 0.1) is 0 Å². The standard InChI is InChI=1S/C12H15N3O4/c16-11(17)9-1-2-13-10(7-9)8-14-12(18)15-3-5-19-6-4-15/h1-2,7H,3-6,8H2,(H,14,18)(H,16,17). The molecule has 0 spiro atoms. The number of urea groups is 1. The number of nitrogens with zero attached hydrogens (tertiary/aromatic N) is 2. The second-order valence-corrected chi connectivity index (χ2v) is 4.10. The van der Waals surface area contributed by atoms with Gasteiger partial charge in [0, 0.05) is 19.3 Å². The summed E-state index contributed by atoms with van der Waals surface area (Å²) in [5.41, 5.74) is 0.673. The van der Waals surface area contributed by atoms with Crippen molar-refractivity contribution in [3.05, 3.63) is 29.6 Å². The molecule has 7 heteroatoms. The molecular weight excluding hydrogens is 250 g/mol. The van der Waals surface area contributed by atoms with Crippen molar-refractivity contribution in [2.75, 3.05) is 26.3 Å². The SMILES string of the molecule is O=C(O)c1ccnc(CNC(=O)N2CCOCC2)c1. The van der Waals surface area contributed by atoms with E-state index in [2.05, 4.69) is 10.3 Å². The molecule has 1 saturated heterocycles. The molecule has 0 saturated carbocycles. The number of ether oxygens (including phenoxy) is 1. The van der Waals surface area contributed by atoms with E-state index in [1.165, 1.54) is 18.3 Å². The molecule has 7 nitrogen and oxygen atoms in total. The van der Waals surface area contributed by atoms with Gasteiger partial charge in [-0.15, -0.1) is 0 Å². The van der Waals surface area contributed by atoms with Gasteiger partial charge in [0.25, 0.3) is 0 Å². The van der Waals surface area contributed by atoms with E-state index < -0.39 is 5.97 Å². The lowest BCUT2D eigenvalue weighted by Crippen LogP contribution is -2.46. The van der Waals surface area contributed by atoms with Crippen LogP contribution in [0.2, 0.25) is 0 Å². The number of amides is 2. The minimum atomic E-state index is -1.01. The van der Waals surface area contributed by atoms with E-state index in [0.717, 1.165) is 0 Å². The molecule has 0 aromatic carbocycles. The Morgan fingerprint density at radius 3 is 2.84 bits per heavy atom. The summed E-state index contributed by atoms with van der Waals surface area (Å²) < 4.78 is 5.16. The van der Waals surface area contributed by atoms with Crippen molar-refractivity contribution in [2.45, 2.75) is 6.54 Å². The number of nitrogens with one attached hydrogen (secondary N) is 1. The molecule has 19 heavy (non-hydrogen) atoms. The van der Waals surface area contributed by atoms with Crippen molar-refractivity contribution in [1.29, 1.82) is 0 Å². The monoisotopic (exact) mass is 265 g/mol. The minimum absolute atomic E-state index is 0.158. The molecule has 0 radical (unpaired) electrons. The number of carboxylic acids is 1. The number of hydrogen-bond acceptors (Lipinski definition) is 4. The summed E-state index contributed by atoms with van der Waals surface area (Å²) in [4.78, 5) is 28.3. The van der Waals surface area contributed by atoms with Crippen molar-refractivity contribution in [2.24, 2.45) is 0 Å². The first-order valence-electron chi connectivity index (χ1n) is 5.95. The van der Waals surface area contributed by atoms with Gasteiger partial charge in [-0.05, 0) is 12.1 Å². The fourth-order valence-electron chi connectivity index (χ4n) is 1.75. The van der Waals surface area contributed by atoms with Gasteiger partial charge in [-0.1, -0.05) is 0 Å². The second-order valence-electron chi connectivity index (χ2n) is 4.10. The average molecular weight is 265 g/mol. The topological polar surface area (TPSA) is 91.8 Å². The summed E-state index contributed by atoms with van der Waals surface area (Å²) in [6.45, 7) is 2.42. The van der Waals surface area contributed by atoms with Gasteiger partial charge in [0.1, 0.15) is 0 Å². The molecule has 0 atom stereocenters. The minimum Gasteiger partial charge on any atom is -0.478 e. The maximum absolute atomic E-state index is 11.8. The zero-order valence-corrected chi connectivity index (χ0v) is 10.3. The highest BCUT2D eigenvalue weighted by atomic mass is 16.5. The maximum Gasteiger partial charge on any atom is 0.335 e. The Balaban J connectivity index is 1.89. The summed E-state index contributed by atoms with van der Waals surface area (Å²) in [6, 6.07) is 2.67. The van der Waals surface area contributed by atoms with E-state index in [1.54, 1.807) is 4.90 Å². The first kappa shape index (κ1) is 13.3. The third kappa shape index (κ3) is 3.65. The highest BCUT2D eigenvalue weighted by Crippen LogP contribution is 2.03. The van der Waals surface area contributed by atoms with Crippen LogP contribution in [0.5, 0.6) is 0 Å². The molecule has 102 valence electrons. The lowest BCUT2D eigenvalue weighted by Gasteiger charge is -2.26. The van der Waals surface area contributed by atoms with Crippen LogP contribution in [0.1, 0.15) is 16.1 Å². The van der Waals surface area contributed by atoms with E-state index in [0.29, 0.717) is 32.0 Å². The number of pyridine rings is 1. The fraction of sp³-hybridized carbons (Fsp3) is 0.417. The van der Waals surface area contributed by atoms with Crippen molar-refractivity contribution in [3.8, 4) is 0 Å². The molecule has 1 aliphatic rings. The molecule has 2 amide bonds. The maximum atomic E-state index is 11.8. The fourth-order valence-corrected chi connectivity index (χ4v) is 1.75. The van der Waals surface area contributed by atoms with Gasteiger partial charge in [-0.3, -0.25) is 4.98 Å². The smallest absolute Gasteiger partial charge is 0.335 e. The summed E-state index contributed by atoms with van der Waals surface area (Å²) in [5.74, 6) is -1.01. The second kappa shape index (κ2) is 6.14. The molecule has 2 rings (SSSR count). The van der Waals surface area contributed by atoms with Crippen LogP contribution in [-0.2, 0) is 11.3 Å².